The number of aryl methyl sites for hydroxylation is 2. The second-order valence-corrected chi connectivity index (χ2v) is 8.95. The van der Waals surface area contributed by atoms with E-state index in [0.717, 1.165) is 33.6 Å². The highest BCUT2D eigenvalue weighted by Crippen LogP contribution is 2.25. The van der Waals surface area contributed by atoms with Crippen LogP contribution in [0.15, 0.2) is 77.7 Å². The molecule has 8 heteroatoms. The second kappa shape index (κ2) is 10.0. The number of carbonyl (C=O) groups is 1. The number of anilines is 2. The summed E-state index contributed by atoms with van der Waals surface area (Å²) in [5, 5.41) is 6.12. The van der Waals surface area contributed by atoms with Gasteiger partial charge >= 0.3 is 0 Å². The van der Waals surface area contributed by atoms with E-state index in [-0.39, 0.29) is 17.3 Å². The summed E-state index contributed by atoms with van der Waals surface area (Å²) in [4.78, 5) is 34.9. The third kappa shape index (κ3) is 4.84. The summed E-state index contributed by atoms with van der Waals surface area (Å²) in [7, 11) is 0. The highest BCUT2D eigenvalue weighted by Gasteiger charge is 2.30. The monoisotopic (exact) mass is 480 g/mol. The lowest BCUT2D eigenvalue weighted by Crippen LogP contribution is -2.36. The van der Waals surface area contributed by atoms with E-state index in [2.05, 4.69) is 44.9 Å². The summed E-state index contributed by atoms with van der Waals surface area (Å²) in [6, 6.07) is 21.3. The van der Waals surface area contributed by atoms with Crippen molar-refractivity contribution in [3.8, 4) is 11.1 Å². The Morgan fingerprint density at radius 2 is 1.86 bits per heavy atom. The molecule has 2 aromatic carbocycles. The molecule has 0 aliphatic carbocycles. The van der Waals surface area contributed by atoms with Crippen LogP contribution in [0, 0.1) is 6.92 Å². The van der Waals surface area contributed by atoms with Crippen molar-refractivity contribution in [2.24, 2.45) is 0 Å². The Labute approximate surface area is 209 Å². The molecule has 0 fully saturated rings. The Bertz CT molecular complexity index is 1460. The number of fused-ring (bicyclic) bond motifs is 1. The van der Waals surface area contributed by atoms with Crippen molar-refractivity contribution in [1.29, 1.82) is 0 Å². The smallest absolute Gasteiger partial charge is 0.294 e. The molecule has 4 aromatic rings. The van der Waals surface area contributed by atoms with Crippen molar-refractivity contribution in [3.63, 3.8) is 0 Å². The molecule has 0 bridgehead atoms. The van der Waals surface area contributed by atoms with Crippen molar-refractivity contribution < 1.29 is 4.79 Å². The van der Waals surface area contributed by atoms with E-state index in [1.54, 1.807) is 16.8 Å². The molecule has 5 rings (SSSR count). The summed E-state index contributed by atoms with van der Waals surface area (Å²) in [5.41, 5.74) is 11.1. The summed E-state index contributed by atoms with van der Waals surface area (Å²) >= 11 is 0. The van der Waals surface area contributed by atoms with Crippen LogP contribution in [0.1, 0.15) is 35.0 Å². The quantitative estimate of drug-likeness (QED) is 0.372. The predicted molar refractivity (Wildman–Crippen MR) is 140 cm³/mol. The van der Waals surface area contributed by atoms with Gasteiger partial charge in [0.15, 0.2) is 5.82 Å². The van der Waals surface area contributed by atoms with Crippen molar-refractivity contribution in [2.45, 2.75) is 38.9 Å². The van der Waals surface area contributed by atoms with Gasteiger partial charge in [-0.2, -0.15) is 0 Å². The molecule has 36 heavy (non-hydrogen) atoms. The molecular weight excluding hydrogens is 452 g/mol. The molecule has 1 aliphatic rings. The van der Waals surface area contributed by atoms with Gasteiger partial charge in [0.25, 0.3) is 5.56 Å². The zero-order chi connectivity index (χ0) is 25.1. The van der Waals surface area contributed by atoms with Gasteiger partial charge in [-0.05, 0) is 54.2 Å². The number of nitrogens with one attached hydrogen (secondary N) is 2. The minimum atomic E-state index is -0.570. The van der Waals surface area contributed by atoms with Gasteiger partial charge < -0.3 is 16.4 Å². The highest BCUT2D eigenvalue weighted by molar-refractivity contribution is 5.81. The summed E-state index contributed by atoms with van der Waals surface area (Å²) in [5.74, 6) is 0.486. The molecule has 0 radical (unpaired) electrons. The first-order chi connectivity index (χ1) is 17.5. The van der Waals surface area contributed by atoms with E-state index in [4.69, 9.17) is 5.73 Å². The average molecular weight is 481 g/mol. The third-order valence-electron chi connectivity index (χ3n) is 6.53. The molecule has 0 spiro atoms. The number of nitrogen functional groups attached to an aromatic ring is 1. The molecule has 4 N–H and O–H groups in total. The normalized spacial score (nSPS) is 14.3. The minimum Gasteiger partial charge on any atom is -0.384 e. The van der Waals surface area contributed by atoms with Crippen LogP contribution in [0.4, 0.5) is 11.6 Å². The standard InChI is InChI=1S/C28H28N6O2/c1-18-22(10-13-25(29)33-18)16-32-27(35)24-12-11-23-17-31-26(28(36)34(23)24)30-15-19-6-5-9-21(14-19)20-7-3-2-4-8-20/h2-10,13-14,17,24H,11-12,15-16H2,1H3,(H2,29,33)(H,30,31)(H,32,35)/t24-/m0/s1. The number of benzene rings is 2. The van der Waals surface area contributed by atoms with Crippen molar-refractivity contribution >= 4 is 17.5 Å². The number of carbonyl (C=O) groups excluding carboxylic acids is 1. The Kier molecular flexibility index (Phi) is 6.49. The maximum Gasteiger partial charge on any atom is 0.294 e. The number of rotatable bonds is 7. The van der Waals surface area contributed by atoms with Crippen molar-refractivity contribution in [2.75, 3.05) is 11.1 Å². The minimum absolute atomic E-state index is 0.195. The Morgan fingerprint density at radius 3 is 2.67 bits per heavy atom. The lowest BCUT2D eigenvalue weighted by Gasteiger charge is -2.16. The van der Waals surface area contributed by atoms with Crippen LogP contribution < -0.4 is 21.9 Å². The van der Waals surface area contributed by atoms with Gasteiger partial charge in [-0.3, -0.25) is 14.2 Å². The largest absolute Gasteiger partial charge is 0.384 e. The number of pyridine rings is 1. The second-order valence-electron chi connectivity index (χ2n) is 8.95. The molecule has 0 saturated carbocycles. The van der Waals surface area contributed by atoms with Gasteiger partial charge in [0.1, 0.15) is 11.9 Å². The van der Waals surface area contributed by atoms with E-state index < -0.39 is 6.04 Å². The van der Waals surface area contributed by atoms with Gasteiger partial charge in [0.05, 0.1) is 0 Å². The van der Waals surface area contributed by atoms with Crippen molar-refractivity contribution in [1.82, 2.24) is 19.9 Å². The predicted octanol–water partition coefficient (Wildman–Crippen LogP) is 3.61. The number of amides is 1. The molecule has 1 amide bonds. The first kappa shape index (κ1) is 23.3. The number of hydrogen-bond donors (Lipinski definition) is 3. The molecule has 0 saturated heterocycles. The van der Waals surface area contributed by atoms with E-state index in [0.29, 0.717) is 31.7 Å². The fourth-order valence-corrected chi connectivity index (χ4v) is 4.58. The zero-order valence-corrected chi connectivity index (χ0v) is 20.1. The lowest BCUT2D eigenvalue weighted by atomic mass is 10.0. The number of nitrogens with two attached hydrogens (primary N) is 1. The zero-order valence-electron chi connectivity index (χ0n) is 20.1. The van der Waals surface area contributed by atoms with Crippen LogP contribution in [0.5, 0.6) is 0 Å². The first-order valence-electron chi connectivity index (χ1n) is 12.0. The summed E-state index contributed by atoms with van der Waals surface area (Å²) in [6.07, 6.45) is 2.87. The van der Waals surface area contributed by atoms with Crippen LogP contribution in [0.3, 0.4) is 0 Å². The van der Waals surface area contributed by atoms with E-state index in [1.807, 2.05) is 43.3 Å². The van der Waals surface area contributed by atoms with Crippen LogP contribution in [0.2, 0.25) is 0 Å². The fourth-order valence-electron chi connectivity index (χ4n) is 4.58. The summed E-state index contributed by atoms with van der Waals surface area (Å²) < 4.78 is 1.57. The summed E-state index contributed by atoms with van der Waals surface area (Å²) in [6.45, 7) is 2.63. The number of nitrogens with zero attached hydrogens (tertiary/aromatic N) is 3. The molecule has 1 aliphatic heterocycles. The van der Waals surface area contributed by atoms with Gasteiger partial charge in [-0.25, -0.2) is 9.97 Å². The van der Waals surface area contributed by atoms with Gasteiger partial charge in [0, 0.05) is 30.7 Å². The highest BCUT2D eigenvalue weighted by atomic mass is 16.2. The van der Waals surface area contributed by atoms with E-state index >= 15 is 0 Å². The molecule has 0 unspecified atom stereocenters. The average Bonchev–Trinajstić information content (AvgIpc) is 3.34. The topological polar surface area (TPSA) is 115 Å². The Morgan fingerprint density at radius 1 is 1.06 bits per heavy atom. The molecule has 182 valence electrons. The van der Waals surface area contributed by atoms with Gasteiger partial charge in [-0.1, -0.05) is 54.6 Å². The SMILES string of the molecule is Cc1nc(N)ccc1CNC(=O)[C@@H]1CCc2cnc(NCc3cccc(-c4ccccc4)c3)c(=O)n21. The van der Waals surface area contributed by atoms with Crippen LogP contribution in [-0.4, -0.2) is 20.4 Å². The van der Waals surface area contributed by atoms with Crippen LogP contribution in [0.25, 0.3) is 11.1 Å². The maximum absolute atomic E-state index is 13.3. The molecular formula is C28H28N6O2. The number of aromatic nitrogens is 3. The molecule has 8 nitrogen and oxygen atoms in total. The van der Waals surface area contributed by atoms with Crippen molar-refractivity contribution in [3.05, 3.63) is 106 Å². The van der Waals surface area contributed by atoms with Gasteiger partial charge in [-0.15, -0.1) is 0 Å². The van der Waals surface area contributed by atoms with E-state index in [1.165, 1.54) is 0 Å². The lowest BCUT2D eigenvalue weighted by molar-refractivity contribution is -0.124. The Balaban J connectivity index is 1.29. The molecule has 2 aromatic heterocycles. The fraction of sp³-hybridized carbons (Fsp3) is 0.214. The number of hydrogen-bond acceptors (Lipinski definition) is 6. The molecule has 1 atom stereocenters. The van der Waals surface area contributed by atoms with Crippen LogP contribution >= 0.6 is 0 Å². The van der Waals surface area contributed by atoms with E-state index in [9.17, 15) is 9.59 Å². The van der Waals surface area contributed by atoms with Gasteiger partial charge in [0.2, 0.25) is 5.91 Å². The van der Waals surface area contributed by atoms with Crippen LogP contribution in [-0.2, 0) is 24.3 Å². The Hall–Kier alpha value is -4.46. The molecule has 3 heterocycles. The third-order valence-corrected chi connectivity index (χ3v) is 6.53. The first-order valence-corrected chi connectivity index (χ1v) is 12.0. The maximum atomic E-state index is 13.3.